The maximum absolute atomic E-state index is 13.4. The van der Waals surface area contributed by atoms with E-state index >= 15 is 0 Å². The number of halogens is 3. The lowest BCUT2D eigenvalue weighted by atomic mass is 10.3. The van der Waals surface area contributed by atoms with Crippen LogP contribution < -0.4 is 10.6 Å². The molecule has 4 aromatic rings. The highest BCUT2D eigenvalue weighted by Crippen LogP contribution is 2.30. The SMILES string of the molecule is CCn1cc(NC(=O)c2cc3nc(C)cc(C(F)(F)F)n3n2)c(C(=O)NCc2ccco2)n1. The summed E-state index contributed by atoms with van der Waals surface area (Å²) in [7, 11) is 0. The summed E-state index contributed by atoms with van der Waals surface area (Å²) in [5.74, 6) is -0.862. The minimum Gasteiger partial charge on any atom is -0.467 e. The van der Waals surface area contributed by atoms with E-state index in [2.05, 4.69) is 25.8 Å². The third-order valence-electron chi connectivity index (χ3n) is 4.63. The highest BCUT2D eigenvalue weighted by Gasteiger charge is 2.35. The van der Waals surface area contributed by atoms with Crippen LogP contribution in [0.4, 0.5) is 18.9 Å². The number of anilines is 1. The molecule has 172 valence electrons. The van der Waals surface area contributed by atoms with Crippen molar-refractivity contribution >= 4 is 23.1 Å². The number of carbonyl (C=O) groups is 2. The zero-order valence-corrected chi connectivity index (χ0v) is 17.5. The molecular formula is C20H18F3N7O3. The molecule has 0 aliphatic heterocycles. The molecule has 0 saturated carbocycles. The van der Waals surface area contributed by atoms with Gasteiger partial charge in [0, 0.05) is 24.5 Å². The van der Waals surface area contributed by atoms with E-state index in [1.807, 2.05) is 0 Å². The lowest BCUT2D eigenvalue weighted by Gasteiger charge is -2.09. The van der Waals surface area contributed by atoms with Crippen LogP contribution in [0.2, 0.25) is 0 Å². The van der Waals surface area contributed by atoms with Crippen molar-refractivity contribution in [3.8, 4) is 0 Å². The number of furan rings is 1. The summed E-state index contributed by atoms with van der Waals surface area (Å²) in [6.45, 7) is 3.73. The molecule has 2 amide bonds. The smallest absolute Gasteiger partial charge is 0.433 e. The third kappa shape index (κ3) is 4.56. The van der Waals surface area contributed by atoms with E-state index in [1.165, 1.54) is 24.1 Å². The van der Waals surface area contributed by atoms with Gasteiger partial charge in [-0.25, -0.2) is 9.50 Å². The normalized spacial score (nSPS) is 11.7. The van der Waals surface area contributed by atoms with Gasteiger partial charge in [-0.3, -0.25) is 14.3 Å². The molecule has 2 N–H and O–H groups in total. The fourth-order valence-corrected chi connectivity index (χ4v) is 3.11. The number of hydrogen-bond donors (Lipinski definition) is 2. The number of nitrogens with one attached hydrogen (secondary N) is 2. The number of aryl methyl sites for hydroxylation is 2. The van der Waals surface area contributed by atoms with Gasteiger partial charge in [-0.05, 0) is 32.0 Å². The van der Waals surface area contributed by atoms with Crippen LogP contribution >= 0.6 is 0 Å². The van der Waals surface area contributed by atoms with Gasteiger partial charge in [0.2, 0.25) is 0 Å². The Labute approximate surface area is 184 Å². The fraction of sp³-hybridized carbons (Fsp3) is 0.250. The van der Waals surface area contributed by atoms with Gasteiger partial charge in [0.15, 0.2) is 17.0 Å². The zero-order valence-electron chi connectivity index (χ0n) is 17.5. The van der Waals surface area contributed by atoms with Crippen LogP contribution in [-0.4, -0.2) is 36.2 Å². The molecule has 0 radical (unpaired) electrons. The predicted molar refractivity (Wildman–Crippen MR) is 108 cm³/mol. The molecule has 0 saturated heterocycles. The monoisotopic (exact) mass is 461 g/mol. The van der Waals surface area contributed by atoms with Gasteiger partial charge in [0.25, 0.3) is 11.8 Å². The van der Waals surface area contributed by atoms with E-state index in [0.717, 1.165) is 12.1 Å². The summed E-state index contributed by atoms with van der Waals surface area (Å²) in [4.78, 5) is 29.4. The Hall–Kier alpha value is -4.16. The van der Waals surface area contributed by atoms with E-state index < -0.39 is 23.7 Å². The molecule has 0 spiro atoms. The minimum absolute atomic E-state index is 0.0644. The number of amides is 2. The van der Waals surface area contributed by atoms with E-state index in [9.17, 15) is 22.8 Å². The first-order chi connectivity index (χ1) is 15.7. The number of aromatic nitrogens is 5. The number of hydrogen-bond acceptors (Lipinski definition) is 6. The Morgan fingerprint density at radius 2 is 1.97 bits per heavy atom. The standard InChI is InChI=1S/C20H18F3N7O3/c1-3-29-10-14(17(28-29)19(32)24-9-12-5-4-6-33-12)26-18(31)13-8-16-25-11(2)7-15(20(21,22)23)30(16)27-13/h4-8,10H,3,9H2,1-2H3,(H,24,32)(H,26,31). The van der Waals surface area contributed by atoms with Gasteiger partial charge in [-0.15, -0.1) is 0 Å². The van der Waals surface area contributed by atoms with Crippen molar-refractivity contribution in [2.75, 3.05) is 5.32 Å². The van der Waals surface area contributed by atoms with Crippen LogP contribution in [0.3, 0.4) is 0 Å². The second-order valence-corrected chi connectivity index (χ2v) is 7.04. The Balaban J connectivity index is 1.60. The lowest BCUT2D eigenvalue weighted by Crippen LogP contribution is -2.25. The molecule has 4 heterocycles. The zero-order chi connectivity index (χ0) is 23.8. The molecule has 10 nitrogen and oxygen atoms in total. The van der Waals surface area contributed by atoms with Gasteiger partial charge >= 0.3 is 6.18 Å². The molecule has 0 unspecified atom stereocenters. The number of fused-ring (bicyclic) bond motifs is 1. The maximum atomic E-state index is 13.4. The molecule has 4 aromatic heterocycles. The van der Waals surface area contributed by atoms with Gasteiger partial charge in [-0.2, -0.15) is 23.4 Å². The highest BCUT2D eigenvalue weighted by molar-refractivity contribution is 6.07. The molecule has 0 fully saturated rings. The summed E-state index contributed by atoms with van der Waals surface area (Å²) in [6.07, 6.45) is -1.78. The van der Waals surface area contributed by atoms with Crippen molar-refractivity contribution in [3.63, 3.8) is 0 Å². The number of rotatable bonds is 6. The van der Waals surface area contributed by atoms with Crippen LogP contribution in [0.5, 0.6) is 0 Å². The molecule has 0 aliphatic rings. The van der Waals surface area contributed by atoms with E-state index in [-0.39, 0.29) is 35.0 Å². The second kappa shape index (κ2) is 8.41. The first kappa shape index (κ1) is 22.0. The average Bonchev–Trinajstić information content (AvgIpc) is 3.49. The molecule has 0 bridgehead atoms. The molecule has 0 aromatic carbocycles. The Bertz CT molecular complexity index is 1320. The molecular weight excluding hydrogens is 443 g/mol. The number of carbonyl (C=O) groups excluding carboxylic acids is 2. The molecule has 33 heavy (non-hydrogen) atoms. The van der Waals surface area contributed by atoms with Crippen LogP contribution in [-0.2, 0) is 19.3 Å². The van der Waals surface area contributed by atoms with Crippen LogP contribution in [0.15, 0.2) is 41.1 Å². The van der Waals surface area contributed by atoms with Crippen molar-refractivity contribution in [3.05, 3.63) is 65.3 Å². The number of alkyl halides is 3. The van der Waals surface area contributed by atoms with Crippen molar-refractivity contribution < 1.29 is 27.2 Å². The summed E-state index contributed by atoms with van der Waals surface area (Å²) < 4.78 is 47.3. The van der Waals surface area contributed by atoms with Gasteiger partial charge in [0.1, 0.15) is 11.5 Å². The van der Waals surface area contributed by atoms with Gasteiger partial charge in [-0.1, -0.05) is 0 Å². The third-order valence-corrected chi connectivity index (χ3v) is 4.63. The quantitative estimate of drug-likeness (QED) is 0.456. The summed E-state index contributed by atoms with van der Waals surface area (Å²) in [5.41, 5.74) is -1.35. The Morgan fingerprint density at radius 1 is 1.18 bits per heavy atom. The summed E-state index contributed by atoms with van der Waals surface area (Å²) in [6, 6.07) is 5.34. The number of nitrogens with zero attached hydrogens (tertiary/aromatic N) is 5. The first-order valence-electron chi connectivity index (χ1n) is 9.79. The molecule has 0 aliphatic carbocycles. The Morgan fingerprint density at radius 3 is 2.64 bits per heavy atom. The molecule has 0 atom stereocenters. The van der Waals surface area contributed by atoms with E-state index in [4.69, 9.17) is 4.42 Å². The highest BCUT2D eigenvalue weighted by atomic mass is 19.4. The fourth-order valence-electron chi connectivity index (χ4n) is 3.11. The molecule has 4 rings (SSSR count). The van der Waals surface area contributed by atoms with Crippen molar-refractivity contribution in [2.24, 2.45) is 0 Å². The van der Waals surface area contributed by atoms with Crippen molar-refractivity contribution in [1.29, 1.82) is 0 Å². The van der Waals surface area contributed by atoms with Crippen LogP contribution in [0.25, 0.3) is 5.65 Å². The first-order valence-corrected chi connectivity index (χ1v) is 9.79. The van der Waals surface area contributed by atoms with Gasteiger partial charge < -0.3 is 15.1 Å². The van der Waals surface area contributed by atoms with Crippen LogP contribution in [0.1, 0.15) is 45.0 Å². The maximum Gasteiger partial charge on any atom is 0.433 e. The lowest BCUT2D eigenvalue weighted by molar-refractivity contribution is -0.142. The van der Waals surface area contributed by atoms with E-state index in [0.29, 0.717) is 16.8 Å². The average molecular weight is 461 g/mol. The minimum atomic E-state index is -4.69. The molecule has 13 heteroatoms. The van der Waals surface area contributed by atoms with Crippen LogP contribution in [0, 0.1) is 6.92 Å². The van der Waals surface area contributed by atoms with Gasteiger partial charge in [0.05, 0.1) is 18.5 Å². The van der Waals surface area contributed by atoms with Crippen molar-refractivity contribution in [1.82, 2.24) is 29.7 Å². The Kier molecular flexibility index (Phi) is 5.62. The second-order valence-electron chi connectivity index (χ2n) is 7.04. The topological polar surface area (TPSA) is 119 Å². The summed E-state index contributed by atoms with van der Waals surface area (Å²) in [5, 5.41) is 13.0. The largest absolute Gasteiger partial charge is 0.467 e. The predicted octanol–water partition coefficient (Wildman–Crippen LogP) is 3.05. The van der Waals surface area contributed by atoms with E-state index in [1.54, 1.807) is 19.1 Å². The summed E-state index contributed by atoms with van der Waals surface area (Å²) >= 11 is 0. The van der Waals surface area contributed by atoms with Crippen molar-refractivity contribution in [2.45, 2.75) is 33.1 Å².